The summed E-state index contributed by atoms with van der Waals surface area (Å²) in [7, 11) is 1.87. The molecule has 1 amide bonds. The topological polar surface area (TPSA) is 64.1 Å². The summed E-state index contributed by atoms with van der Waals surface area (Å²) in [6.45, 7) is 6.37. The van der Waals surface area contributed by atoms with Crippen LogP contribution in [0.4, 0.5) is 5.69 Å². The smallest absolute Gasteiger partial charge is 0.317 e. The van der Waals surface area contributed by atoms with Crippen LogP contribution in [0.1, 0.15) is 33.1 Å². The molecular formula is C20H31N3O3. The van der Waals surface area contributed by atoms with Crippen molar-refractivity contribution in [1.29, 1.82) is 0 Å². The molecule has 1 aromatic rings. The number of anilines is 1. The molecule has 0 radical (unpaired) electrons. The number of likely N-dealkylation sites (tertiary alicyclic amines) is 1. The van der Waals surface area contributed by atoms with Gasteiger partial charge in [-0.2, -0.15) is 0 Å². The number of para-hydroxylation sites is 1. The van der Waals surface area contributed by atoms with E-state index in [4.69, 9.17) is 5.11 Å². The average Bonchev–Trinajstić information content (AvgIpc) is 2.88. The van der Waals surface area contributed by atoms with Gasteiger partial charge in [0.05, 0.1) is 12.6 Å². The first-order valence-electron chi connectivity index (χ1n) is 9.46. The van der Waals surface area contributed by atoms with Crippen molar-refractivity contribution < 1.29 is 14.7 Å². The molecule has 144 valence electrons. The lowest BCUT2D eigenvalue weighted by molar-refractivity contribution is -0.138. The first kappa shape index (κ1) is 20.4. The Bertz CT molecular complexity index is 593. The summed E-state index contributed by atoms with van der Waals surface area (Å²) in [5.74, 6) is -0.672. The van der Waals surface area contributed by atoms with Gasteiger partial charge in [-0.15, -0.1) is 0 Å². The van der Waals surface area contributed by atoms with Crippen LogP contribution in [0.15, 0.2) is 30.3 Å². The minimum Gasteiger partial charge on any atom is -0.480 e. The monoisotopic (exact) mass is 361 g/mol. The van der Waals surface area contributed by atoms with Gasteiger partial charge in [0.15, 0.2) is 0 Å². The van der Waals surface area contributed by atoms with Gasteiger partial charge in [0.25, 0.3) is 0 Å². The number of amides is 1. The van der Waals surface area contributed by atoms with E-state index in [0.717, 1.165) is 38.0 Å². The van der Waals surface area contributed by atoms with Gasteiger partial charge in [0.2, 0.25) is 5.91 Å². The van der Waals surface area contributed by atoms with Crippen molar-refractivity contribution in [3.05, 3.63) is 30.3 Å². The molecule has 2 atom stereocenters. The third kappa shape index (κ3) is 5.29. The molecule has 2 rings (SSSR count). The second kappa shape index (κ2) is 9.69. The summed E-state index contributed by atoms with van der Waals surface area (Å²) in [4.78, 5) is 30.0. The number of carboxylic acids is 1. The fourth-order valence-electron chi connectivity index (χ4n) is 3.73. The zero-order valence-electron chi connectivity index (χ0n) is 16.1. The number of benzene rings is 1. The van der Waals surface area contributed by atoms with Crippen molar-refractivity contribution >= 4 is 17.6 Å². The van der Waals surface area contributed by atoms with Crippen LogP contribution < -0.4 is 4.90 Å². The van der Waals surface area contributed by atoms with Crippen LogP contribution in [0, 0.1) is 0 Å². The molecule has 2 unspecified atom stereocenters. The number of likely N-dealkylation sites (N-methyl/N-ethyl adjacent to an activating group) is 2. The maximum absolute atomic E-state index is 13.0. The quantitative estimate of drug-likeness (QED) is 0.807. The first-order valence-corrected chi connectivity index (χ1v) is 9.46. The molecule has 1 saturated heterocycles. The molecule has 1 aromatic carbocycles. The highest BCUT2D eigenvalue weighted by atomic mass is 16.4. The fraction of sp³-hybridized carbons (Fsp3) is 0.600. The molecule has 0 bridgehead atoms. The molecule has 1 fully saturated rings. The van der Waals surface area contributed by atoms with Gasteiger partial charge in [-0.25, -0.2) is 0 Å². The van der Waals surface area contributed by atoms with E-state index in [1.54, 1.807) is 0 Å². The third-order valence-electron chi connectivity index (χ3n) is 5.30. The summed E-state index contributed by atoms with van der Waals surface area (Å²) in [5.41, 5.74) is 0.931. The highest BCUT2D eigenvalue weighted by molar-refractivity contribution is 5.96. The minimum atomic E-state index is -0.793. The van der Waals surface area contributed by atoms with E-state index >= 15 is 0 Å². The summed E-state index contributed by atoms with van der Waals surface area (Å²) < 4.78 is 0. The molecule has 1 aliphatic rings. The summed E-state index contributed by atoms with van der Waals surface area (Å²) in [5, 5.41) is 8.99. The Morgan fingerprint density at radius 2 is 1.92 bits per heavy atom. The number of carboxylic acid groups (broad SMARTS) is 1. The van der Waals surface area contributed by atoms with Crippen molar-refractivity contribution in [2.45, 2.75) is 45.2 Å². The van der Waals surface area contributed by atoms with E-state index < -0.39 is 5.97 Å². The van der Waals surface area contributed by atoms with Crippen LogP contribution in [-0.2, 0) is 9.59 Å². The Morgan fingerprint density at radius 3 is 2.54 bits per heavy atom. The number of hydrogen-bond acceptors (Lipinski definition) is 4. The van der Waals surface area contributed by atoms with E-state index in [1.807, 2.05) is 61.0 Å². The molecule has 0 aromatic heterocycles. The van der Waals surface area contributed by atoms with E-state index in [-0.39, 0.29) is 24.5 Å². The Morgan fingerprint density at radius 1 is 1.23 bits per heavy atom. The Hall–Kier alpha value is -1.92. The predicted molar refractivity (Wildman–Crippen MR) is 103 cm³/mol. The molecule has 6 heteroatoms. The summed E-state index contributed by atoms with van der Waals surface area (Å²) in [6, 6.07) is 9.86. The van der Waals surface area contributed by atoms with E-state index in [2.05, 4.69) is 4.90 Å². The second-order valence-corrected chi connectivity index (χ2v) is 7.02. The fourth-order valence-corrected chi connectivity index (χ4v) is 3.73. The maximum Gasteiger partial charge on any atom is 0.317 e. The largest absolute Gasteiger partial charge is 0.480 e. The first-order chi connectivity index (χ1) is 12.4. The normalized spacial score (nSPS) is 19.8. The standard InChI is InChI=1S/C20H31N3O3/c1-4-23(18-9-6-5-7-10-18)20(26)16(2)22-13-8-11-17(12-14-22)21(3)15-19(24)25/h5-7,9-10,16-17H,4,8,11-15H2,1-3H3,(H,24,25). The summed E-state index contributed by atoms with van der Waals surface area (Å²) >= 11 is 0. The number of carbonyl (C=O) groups excluding carboxylic acids is 1. The molecular weight excluding hydrogens is 330 g/mol. The number of carbonyl (C=O) groups is 2. The zero-order valence-corrected chi connectivity index (χ0v) is 16.1. The van der Waals surface area contributed by atoms with Gasteiger partial charge in [-0.05, 0) is 58.8 Å². The number of rotatable bonds is 7. The predicted octanol–water partition coefficient (Wildman–Crippen LogP) is 2.30. The lowest BCUT2D eigenvalue weighted by atomic mass is 10.1. The van der Waals surface area contributed by atoms with Gasteiger partial charge in [-0.1, -0.05) is 18.2 Å². The number of nitrogens with zero attached hydrogens (tertiary/aromatic N) is 3. The van der Waals surface area contributed by atoms with Crippen LogP contribution in [0.3, 0.4) is 0 Å². The molecule has 0 spiro atoms. The maximum atomic E-state index is 13.0. The van der Waals surface area contributed by atoms with Gasteiger partial charge < -0.3 is 10.0 Å². The molecule has 26 heavy (non-hydrogen) atoms. The SMILES string of the molecule is CCN(C(=O)C(C)N1CCCC(N(C)CC(=O)O)CC1)c1ccccc1. The molecule has 0 saturated carbocycles. The van der Waals surface area contributed by atoms with Crippen molar-refractivity contribution in [2.75, 3.05) is 38.1 Å². The highest BCUT2D eigenvalue weighted by Gasteiger charge is 2.29. The van der Waals surface area contributed by atoms with Crippen LogP contribution in [0.25, 0.3) is 0 Å². The van der Waals surface area contributed by atoms with E-state index in [0.29, 0.717) is 6.54 Å². The molecule has 0 aliphatic carbocycles. The minimum absolute atomic E-state index is 0.0662. The Balaban J connectivity index is 1.99. The van der Waals surface area contributed by atoms with Crippen molar-refractivity contribution in [3.63, 3.8) is 0 Å². The van der Waals surface area contributed by atoms with Crippen molar-refractivity contribution in [3.8, 4) is 0 Å². The number of hydrogen-bond donors (Lipinski definition) is 1. The van der Waals surface area contributed by atoms with Gasteiger partial charge in [-0.3, -0.25) is 19.4 Å². The van der Waals surface area contributed by atoms with Gasteiger partial charge in [0.1, 0.15) is 0 Å². The van der Waals surface area contributed by atoms with E-state index in [9.17, 15) is 9.59 Å². The molecule has 1 N–H and O–H groups in total. The van der Waals surface area contributed by atoms with Crippen molar-refractivity contribution in [2.24, 2.45) is 0 Å². The number of aliphatic carboxylic acids is 1. The Labute approximate surface area is 156 Å². The Kier molecular flexibility index (Phi) is 7.60. The van der Waals surface area contributed by atoms with Crippen molar-refractivity contribution in [1.82, 2.24) is 9.80 Å². The van der Waals surface area contributed by atoms with Gasteiger partial charge >= 0.3 is 5.97 Å². The highest BCUT2D eigenvalue weighted by Crippen LogP contribution is 2.20. The molecule has 1 aliphatic heterocycles. The lowest BCUT2D eigenvalue weighted by Gasteiger charge is -2.32. The van der Waals surface area contributed by atoms with Crippen LogP contribution in [0.5, 0.6) is 0 Å². The van der Waals surface area contributed by atoms with E-state index in [1.165, 1.54) is 0 Å². The van der Waals surface area contributed by atoms with Crippen LogP contribution in [-0.4, -0.2) is 72.1 Å². The molecule has 6 nitrogen and oxygen atoms in total. The van der Waals surface area contributed by atoms with Gasteiger partial charge in [0, 0.05) is 24.8 Å². The zero-order chi connectivity index (χ0) is 19.1. The average molecular weight is 361 g/mol. The second-order valence-electron chi connectivity index (χ2n) is 7.02. The summed E-state index contributed by atoms with van der Waals surface area (Å²) in [6.07, 6.45) is 2.83. The molecule has 1 heterocycles. The van der Waals surface area contributed by atoms with Crippen LogP contribution >= 0.6 is 0 Å². The van der Waals surface area contributed by atoms with Crippen LogP contribution in [0.2, 0.25) is 0 Å². The lowest BCUT2D eigenvalue weighted by Crippen LogP contribution is -2.48. The third-order valence-corrected chi connectivity index (χ3v) is 5.30.